The summed E-state index contributed by atoms with van der Waals surface area (Å²) in [5.41, 5.74) is 3.48. The van der Waals surface area contributed by atoms with E-state index >= 15 is 0 Å². The standard InChI is InChI=1S/C16H12N6O2S/c23-22(24)13-7-5-11(6-8-13)17-16-18-12(10-25-16)9-21-15-4-2-1-3-14(15)19-20-21/h1-8,10H,9H2,(H,17,18). The summed E-state index contributed by atoms with van der Waals surface area (Å²) in [6.07, 6.45) is 0. The molecule has 0 aliphatic heterocycles. The molecule has 2 aromatic heterocycles. The van der Waals surface area contributed by atoms with Crippen LogP contribution >= 0.6 is 11.3 Å². The van der Waals surface area contributed by atoms with Crippen LogP contribution in [0.3, 0.4) is 0 Å². The van der Waals surface area contributed by atoms with E-state index in [2.05, 4.69) is 20.6 Å². The highest BCUT2D eigenvalue weighted by Crippen LogP contribution is 2.23. The van der Waals surface area contributed by atoms with Crippen LogP contribution in [0.1, 0.15) is 5.69 Å². The zero-order valence-corrected chi connectivity index (χ0v) is 13.7. The summed E-state index contributed by atoms with van der Waals surface area (Å²) in [5.74, 6) is 0. The summed E-state index contributed by atoms with van der Waals surface area (Å²) < 4.78 is 1.81. The quantitative estimate of drug-likeness (QED) is 0.435. The normalized spacial score (nSPS) is 10.9. The van der Waals surface area contributed by atoms with Gasteiger partial charge in [0.2, 0.25) is 0 Å². The molecule has 0 fully saturated rings. The summed E-state index contributed by atoms with van der Waals surface area (Å²) in [4.78, 5) is 14.8. The highest BCUT2D eigenvalue weighted by Gasteiger charge is 2.09. The third-order valence-electron chi connectivity index (χ3n) is 3.61. The minimum Gasteiger partial charge on any atom is -0.332 e. The monoisotopic (exact) mass is 352 g/mol. The number of fused-ring (bicyclic) bond motifs is 1. The summed E-state index contributed by atoms with van der Waals surface area (Å²) >= 11 is 1.46. The molecule has 0 aliphatic carbocycles. The Morgan fingerprint density at radius 1 is 1.16 bits per heavy atom. The van der Waals surface area contributed by atoms with Gasteiger partial charge in [-0.3, -0.25) is 10.1 Å². The zero-order valence-electron chi connectivity index (χ0n) is 12.9. The molecule has 0 radical (unpaired) electrons. The second kappa shape index (κ2) is 6.29. The van der Waals surface area contributed by atoms with E-state index in [1.54, 1.807) is 16.8 Å². The summed E-state index contributed by atoms with van der Waals surface area (Å²) in [6, 6.07) is 14.0. The van der Waals surface area contributed by atoms with Crippen molar-refractivity contribution >= 4 is 38.9 Å². The van der Waals surface area contributed by atoms with Crippen LogP contribution in [0.15, 0.2) is 53.9 Å². The molecular weight excluding hydrogens is 340 g/mol. The number of rotatable bonds is 5. The van der Waals surface area contributed by atoms with E-state index in [4.69, 9.17) is 0 Å². The number of hydrogen-bond acceptors (Lipinski definition) is 7. The molecule has 0 aliphatic rings. The lowest BCUT2D eigenvalue weighted by Crippen LogP contribution is -2.02. The number of nitrogens with one attached hydrogen (secondary N) is 1. The molecular formula is C16H12N6O2S. The van der Waals surface area contributed by atoms with Gasteiger partial charge in [0.25, 0.3) is 5.69 Å². The smallest absolute Gasteiger partial charge is 0.269 e. The first kappa shape index (κ1) is 15.2. The van der Waals surface area contributed by atoms with Crippen LogP contribution in [0.5, 0.6) is 0 Å². The van der Waals surface area contributed by atoms with Crippen LogP contribution in [0.4, 0.5) is 16.5 Å². The van der Waals surface area contributed by atoms with Crippen molar-refractivity contribution in [2.45, 2.75) is 6.54 Å². The van der Waals surface area contributed by atoms with Crippen LogP contribution in [-0.4, -0.2) is 24.9 Å². The Bertz CT molecular complexity index is 1040. The Balaban J connectivity index is 1.49. The van der Waals surface area contributed by atoms with Gasteiger partial charge >= 0.3 is 0 Å². The van der Waals surface area contributed by atoms with Gasteiger partial charge in [-0.05, 0) is 24.3 Å². The fourth-order valence-electron chi connectivity index (χ4n) is 2.41. The van der Waals surface area contributed by atoms with Gasteiger partial charge in [-0.1, -0.05) is 17.3 Å². The lowest BCUT2D eigenvalue weighted by Gasteiger charge is -2.02. The van der Waals surface area contributed by atoms with Gasteiger partial charge in [0.05, 0.1) is 22.7 Å². The Kier molecular flexibility index (Phi) is 3.82. The van der Waals surface area contributed by atoms with E-state index in [-0.39, 0.29) is 5.69 Å². The van der Waals surface area contributed by atoms with Crippen molar-refractivity contribution in [1.29, 1.82) is 0 Å². The van der Waals surface area contributed by atoms with E-state index < -0.39 is 4.92 Å². The first-order chi connectivity index (χ1) is 12.2. The number of nitrogens with zero attached hydrogens (tertiary/aromatic N) is 5. The largest absolute Gasteiger partial charge is 0.332 e. The van der Waals surface area contributed by atoms with Crippen molar-refractivity contribution in [3.8, 4) is 0 Å². The average molecular weight is 352 g/mol. The molecule has 4 aromatic rings. The molecule has 8 nitrogen and oxygen atoms in total. The predicted molar refractivity (Wildman–Crippen MR) is 95.1 cm³/mol. The first-order valence-corrected chi connectivity index (χ1v) is 8.31. The minimum absolute atomic E-state index is 0.0587. The SMILES string of the molecule is O=[N+]([O-])c1ccc(Nc2nc(Cn3nnc4ccccc43)cs2)cc1. The van der Waals surface area contributed by atoms with Crippen molar-refractivity contribution in [2.75, 3.05) is 5.32 Å². The fraction of sp³-hybridized carbons (Fsp3) is 0.0625. The van der Waals surface area contributed by atoms with E-state index in [0.717, 1.165) is 22.4 Å². The lowest BCUT2D eigenvalue weighted by molar-refractivity contribution is -0.384. The van der Waals surface area contributed by atoms with Crippen molar-refractivity contribution in [2.24, 2.45) is 0 Å². The Hall–Kier alpha value is -3.33. The predicted octanol–water partition coefficient (Wildman–Crippen LogP) is 3.59. The first-order valence-electron chi connectivity index (χ1n) is 7.43. The van der Waals surface area contributed by atoms with Crippen LogP contribution in [0.2, 0.25) is 0 Å². The topological polar surface area (TPSA) is 98.8 Å². The third kappa shape index (κ3) is 3.17. The lowest BCUT2D eigenvalue weighted by atomic mass is 10.3. The summed E-state index contributed by atoms with van der Waals surface area (Å²) in [6.45, 7) is 0.527. The van der Waals surface area contributed by atoms with Gasteiger partial charge in [0, 0.05) is 23.2 Å². The van der Waals surface area contributed by atoms with Crippen molar-refractivity contribution in [1.82, 2.24) is 20.0 Å². The van der Waals surface area contributed by atoms with E-state index in [0.29, 0.717) is 11.7 Å². The van der Waals surface area contributed by atoms with Gasteiger partial charge < -0.3 is 5.32 Å². The highest BCUT2D eigenvalue weighted by molar-refractivity contribution is 7.13. The van der Waals surface area contributed by atoms with Crippen molar-refractivity contribution in [3.05, 3.63) is 69.7 Å². The number of non-ortho nitro benzene ring substituents is 1. The highest BCUT2D eigenvalue weighted by atomic mass is 32.1. The van der Waals surface area contributed by atoms with Crippen LogP contribution in [0, 0.1) is 10.1 Å². The second-order valence-electron chi connectivity index (χ2n) is 5.31. The van der Waals surface area contributed by atoms with E-state index in [1.807, 2.05) is 29.6 Å². The molecule has 9 heteroatoms. The molecule has 0 spiro atoms. The molecule has 0 saturated heterocycles. The number of anilines is 2. The maximum Gasteiger partial charge on any atom is 0.269 e. The maximum atomic E-state index is 10.7. The van der Waals surface area contributed by atoms with Gasteiger partial charge in [-0.25, -0.2) is 9.67 Å². The van der Waals surface area contributed by atoms with E-state index in [1.165, 1.54) is 23.5 Å². The molecule has 0 unspecified atom stereocenters. The van der Waals surface area contributed by atoms with Gasteiger partial charge in [-0.2, -0.15) is 0 Å². The molecule has 124 valence electrons. The number of aromatic nitrogens is 4. The molecule has 0 saturated carbocycles. The molecule has 2 heterocycles. The van der Waals surface area contributed by atoms with E-state index in [9.17, 15) is 10.1 Å². The molecule has 4 rings (SSSR count). The molecule has 2 aromatic carbocycles. The number of nitro groups is 1. The number of nitro benzene ring substituents is 1. The summed E-state index contributed by atoms with van der Waals surface area (Å²) in [5, 5.41) is 24.8. The van der Waals surface area contributed by atoms with Gasteiger partial charge in [0.15, 0.2) is 5.13 Å². The van der Waals surface area contributed by atoms with Crippen LogP contribution < -0.4 is 5.32 Å². The van der Waals surface area contributed by atoms with Crippen molar-refractivity contribution < 1.29 is 4.92 Å². The van der Waals surface area contributed by atoms with Crippen LogP contribution in [0.25, 0.3) is 11.0 Å². The maximum absolute atomic E-state index is 10.7. The minimum atomic E-state index is -0.423. The Morgan fingerprint density at radius 3 is 2.76 bits per heavy atom. The molecule has 0 amide bonds. The third-order valence-corrected chi connectivity index (χ3v) is 4.42. The number of benzene rings is 2. The Labute approximate surface area is 145 Å². The van der Waals surface area contributed by atoms with Gasteiger partial charge in [0.1, 0.15) is 5.52 Å². The number of para-hydroxylation sites is 1. The molecule has 0 bridgehead atoms. The zero-order chi connectivity index (χ0) is 17.2. The number of hydrogen-bond donors (Lipinski definition) is 1. The van der Waals surface area contributed by atoms with Crippen molar-refractivity contribution in [3.63, 3.8) is 0 Å². The summed E-state index contributed by atoms with van der Waals surface area (Å²) in [7, 11) is 0. The number of thiazole rings is 1. The van der Waals surface area contributed by atoms with Crippen LogP contribution in [-0.2, 0) is 6.54 Å². The molecule has 25 heavy (non-hydrogen) atoms. The second-order valence-corrected chi connectivity index (χ2v) is 6.17. The fourth-order valence-corrected chi connectivity index (χ4v) is 3.14. The Morgan fingerprint density at radius 2 is 1.96 bits per heavy atom. The molecule has 1 N–H and O–H groups in total. The van der Waals surface area contributed by atoms with Gasteiger partial charge in [-0.15, -0.1) is 16.4 Å². The molecule has 0 atom stereocenters. The average Bonchev–Trinajstić information content (AvgIpc) is 3.23.